The molecule has 2 N–H and O–H groups in total. The second-order valence-corrected chi connectivity index (χ2v) is 9.72. The Hall–Kier alpha value is -4.87. The fourth-order valence-corrected chi connectivity index (χ4v) is 4.69. The van der Waals surface area contributed by atoms with Crippen LogP contribution < -0.4 is 15.5 Å². The number of piperazine rings is 1. The summed E-state index contributed by atoms with van der Waals surface area (Å²) in [5.74, 6) is -1.47. The molecule has 0 aliphatic carbocycles. The molecule has 1 aliphatic rings. The zero-order chi connectivity index (χ0) is 29.1. The quantitative estimate of drug-likeness (QED) is 0.335. The van der Waals surface area contributed by atoms with E-state index in [9.17, 15) is 22.8 Å². The number of carbonyl (C=O) groups excluding carboxylic acids is 2. The van der Waals surface area contributed by atoms with Gasteiger partial charge in [-0.15, -0.1) is 0 Å². The van der Waals surface area contributed by atoms with Crippen LogP contribution in [0.15, 0.2) is 60.8 Å². The summed E-state index contributed by atoms with van der Waals surface area (Å²) in [7, 11) is 0. The van der Waals surface area contributed by atoms with Crippen LogP contribution >= 0.6 is 0 Å². The van der Waals surface area contributed by atoms with E-state index in [0.29, 0.717) is 36.1 Å². The number of halogens is 3. The smallest absolute Gasteiger partial charge is 0.324 e. The Kier molecular flexibility index (Phi) is 7.90. The molecular formula is C29H28F3N7O2. The van der Waals surface area contributed by atoms with Gasteiger partial charge in [0.1, 0.15) is 35.5 Å². The minimum Gasteiger partial charge on any atom is -0.353 e. The molecule has 2 aromatic heterocycles. The molecule has 212 valence electrons. The number of pyridine rings is 1. The summed E-state index contributed by atoms with van der Waals surface area (Å²) < 4.78 is 42.9. The summed E-state index contributed by atoms with van der Waals surface area (Å²) in [4.78, 5) is 33.4. The number of alkyl halides is 1. The molecule has 4 aromatic rings. The number of benzene rings is 2. The third kappa shape index (κ3) is 6.01. The summed E-state index contributed by atoms with van der Waals surface area (Å²) in [6.07, 6.45) is 1.51. The number of nitrogens with one attached hydrogen (secondary N) is 2. The van der Waals surface area contributed by atoms with Gasteiger partial charge in [0.25, 0.3) is 5.91 Å². The van der Waals surface area contributed by atoms with Crippen LogP contribution in [0.25, 0.3) is 5.69 Å². The molecule has 1 fully saturated rings. The predicted octanol–water partition coefficient (Wildman–Crippen LogP) is 5.24. The van der Waals surface area contributed by atoms with Crippen LogP contribution in [-0.4, -0.2) is 57.8 Å². The first-order chi connectivity index (χ1) is 19.7. The van der Waals surface area contributed by atoms with Crippen LogP contribution in [0.4, 0.5) is 35.3 Å². The van der Waals surface area contributed by atoms with E-state index in [1.807, 2.05) is 43.0 Å². The average molecular weight is 564 g/mol. The summed E-state index contributed by atoms with van der Waals surface area (Å²) in [6, 6.07) is 13.5. The lowest BCUT2D eigenvalue weighted by Crippen LogP contribution is -2.49. The van der Waals surface area contributed by atoms with Gasteiger partial charge >= 0.3 is 6.03 Å². The Morgan fingerprint density at radius 1 is 0.927 bits per heavy atom. The Balaban J connectivity index is 1.22. The monoisotopic (exact) mass is 563 g/mol. The van der Waals surface area contributed by atoms with Crippen molar-refractivity contribution < 1.29 is 22.8 Å². The number of hydrogen-bond acceptors (Lipinski definition) is 5. The molecular weight excluding hydrogens is 535 g/mol. The van der Waals surface area contributed by atoms with E-state index in [1.54, 1.807) is 6.07 Å². The molecule has 1 aliphatic heterocycles. The lowest BCUT2D eigenvalue weighted by molar-refractivity contribution is 0.0736. The lowest BCUT2D eigenvalue weighted by Gasteiger charge is -2.36. The molecule has 0 spiro atoms. The Morgan fingerprint density at radius 3 is 2.24 bits per heavy atom. The van der Waals surface area contributed by atoms with Crippen molar-refractivity contribution in [3.8, 4) is 5.69 Å². The highest BCUT2D eigenvalue weighted by Crippen LogP contribution is 2.24. The molecule has 5 rings (SSSR count). The number of urea groups is 1. The fourth-order valence-electron chi connectivity index (χ4n) is 4.69. The van der Waals surface area contributed by atoms with Gasteiger partial charge < -0.3 is 15.1 Å². The minimum absolute atomic E-state index is 0.184. The number of aromatic nitrogens is 3. The van der Waals surface area contributed by atoms with Gasteiger partial charge in [-0.05, 0) is 49.7 Å². The maximum absolute atomic E-state index is 14.1. The molecule has 2 aromatic carbocycles. The van der Waals surface area contributed by atoms with Gasteiger partial charge in [-0.25, -0.2) is 27.6 Å². The fraction of sp³-hybridized carbons (Fsp3) is 0.241. The van der Waals surface area contributed by atoms with E-state index in [2.05, 4.69) is 20.7 Å². The SMILES string of the molecule is Cc1ccc(-n2nc(CF)cc2NC(=O)Nc2cnc(N3CCN(C(=O)c4c(F)cccc4F)CC3)c(C)c2)cc1. The number of anilines is 3. The molecule has 0 atom stereocenters. The van der Waals surface area contributed by atoms with Crippen molar-refractivity contribution in [1.82, 2.24) is 19.7 Å². The molecule has 3 heterocycles. The summed E-state index contributed by atoms with van der Waals surface area (Å²) >= 11 is 0. The van der Waals surface area contributed by atoms with Crippen LogP contribution in [-0.2, 0) is 6.67 Å². The largest absolute Gasteiger partial charge is 0.353 e. The molecule has 3 amide bonds. The van der Waals surface area contributed by atoms with Crippen molar-refractivity contribution in [2.75, 3.05) is 41.7 Å². The first kappa shape index (κ1) is 27.7. The van der Waals surface area contributed by atoms with Gasteiger partial charge in [-0.3, -0.25) is 10.1 Å². The van der Waals surface area contributed by atoms with Gasteiger partial charge in [-0.1, -0.05) is 23.8 Å². The first-order valence-electron chi connectivity index (χ1n) is 13.0. The Morgan fingerprint density at radius 2 is 1.61 bits per heavy atom. The van der Waals surface area contributed by atoms with E-state index in [0.717, 1.165) is 23.3 Å². The normalized spacial score (nSPS) is 13.3. The van der Waals surface area contributed by atoms with Gasteiger partial charge in [0.15, 0.2) is 0 Å². The van der Waals surface area contributed by atoms with Crippen molar-refractivity contribution in [1.29, 1.82) is 0 Å². The Bertz CT molecular complexity index is 1560. The van der Waals surface area contributed by atoms with Crippen LogP contribution in [0.1, 0.15) is 27.2 Å². The van der Waals surface area contributed by atoms with Crippen LogP contribution in [0.5, 0.6) is 0 Å². The van der Waals surface area contributed by atoms with Gasteiger partial charge in [-0.2, -0.15) is 5.10 Å². The number of amides is 3. The predicted molar refractivity (Wildman–Crippen MR) is 149 cm³/mol. The van der Waals surface area contributed by atoms with Crippen LogP contribution in [0.3, 0.4) is 0 Å². The molecule has 0 radical (unpaired) electrons. The molecule has 0 unspecified atom stereocenters. The molecule has 1 saturated heterocycles. The zero-order valence-corrected chi connectivity index (χ0v) is 22.5. The molecule has 12 heteroatoms. The maximum atomic E-state index is 14.1. The van der Waals surface area contributed by atoms with E-state index < -0.39 is 35.8 Å². The summed E-state index contributed by atoms with van der Waals surface area (Å²) in [5, 5.41) is 9.68. The highest BCUT2D eigenvalue weighted by atomic mass is 19.1. The molecule has 0 saturated carbocycles. The minimum atomic E-state index is -0.885. The standard InChI is InChI=1S/C29H28F3N7O2/c1-18-6-8-22(9-7-18)39-25(15-20(16-30)36-39)35-29(41)34-21-14-19(2)27(33-17-21)37-10-12-38(13-11-37)28(40)26-23(31)4-3-5-24(26)32/h3-9,14-15,17H,10-13,16H2,1-2H3,(H2,34,35,41). The van der Waals surface area contributed by atoms with Gasteiger partial charge in [0.2, 0.25) is 0 Å². The number of rotatable bonds is 6. The molecule has 9 nitrogen and oxygen atoms in total. The third-order valence-electron chi connectivity index (χ3n) is 6.77. The number of nitrogens with zero attached hydrogens (tertiary/aromatic N) is 5. The van der Waals surface area contributed by atoms with E-state index in [-0.39, 0.29) is 18.8 Å². The number of carbonyl (C=O) groups is 2. The Labute approximate surface area is 234 Å². The molecule has 41 heavy (non-hydrogen) atoms. The zero-order valence-electron chi connectivity index (χ0n) is 22.5. The topological polar surface area (TPSA) is 95.4 Å². The lowest BCUT2D eigenvalue weighted by atomic mass is 10.1. The second-order valence-electron chi connectivity index (χ2n) is 9.72. The van der Waals surface area contributed by atoms with Crippen molar-refractivity contribution in [3.63, 3.8) is 0 Å². The van der Waals surface area contributed by atoms with E-state index in [4.69, 9.17) is 0 Å². The van der Waals surface area contributed by atoms with Gasteiger partial charge in [0, 0.05) is 32.2 Å². The van der Waals surface area contributed by atoms with Crippen molar-refractivity contribution in [2.24, 2.45) is 0 Å². The van der Waals surface area contributed by atoms with Crippen LogP contribution in [0.2, 0.25) is 0 Å². The molecule has 0 bridgehead atoms. The highest BCUT2D eigenvalue weighted by molar-refractivity contribution is 5.99. The first-order valence-corrected chi connectivity index (χ1v) is 13.0. The number of aryl methyl sites for hydroxylation is 2. The summed E-state index contributed by atoms with van der Waals surface area (Å²) in [6.45, 7) is 4.40. The van der Waals surface area contributed by atoms with Gasteiger partial charge in [0.05, 0.1) is 23.3 Å². The van der Waals surface area contributed by atoms with Crippen molar-refractivity contribution >= 4 is 29.3 Å². The van der Waals surface area contributed by atoms with E-state index >= 15 is 0 Å². The second kappa shape index (κ2) is 11.7. The van der Waals surface area contributed by atoms with Crippen molar-refractivity contribution in [2.45, 2.75) is 20.5 Å². The maximum Gasteiger partial charge on any atom is 0.324 e. The number of hydrogen-bond donors (Lipinski definition) is 2. The van der Waals surface area contributed by atoms with E-state index in [1.165, 1.54) is 27.9 Å². The summed E-state index contributed by atoms with van der Waals surface area (Å²) in [5.41, 5.74) is 2.59. The highest BCUT2D eigenvalue weighted by Gasteiger charge is 2.27. The third-order valence-corrected chi connectivity index (χ3v) is 6.77. The van der Waals surface area contributed by atoms with Crippen LogP contribution in [0, 0.1) is 25.5 Å². The van der Waals surface area contributed by atoms with Crippen molar-refractivity contribution in [3.05, 3.63) is 94.8 Å². The average Bonchev–Trinajstić information content (AvgIpc) is 3.36.